The summed E-state index contributed by atoms with van der Waals surface area (Å²) in [5.41, 5.74) is 9.04. The highest BCUT2D eigenvalue weighted by Gasteiger charge is 2.23. The lowest BCUT2D eigenvalue weighted by Gasteiger charge is -2.10. The molecule has 0 spiro atoms. The number of para-hydroxylation sites is 1. The number of hydrogen-bond donors (Lipinski definition) is 0. The molecule has 3 aromatic heterocycles. The second kappa shape index (κ2) is 8.41. The van der Waals surface area contributed by atoms with Gasteiger partial charge in [0.15, 0.2) is 17.5 Å². The number of nitrogens with zero attached hydrogens (tertiary/aromatic N) is 4. The van der Waals surface area contributed by atoms with Gasteiger partial charge in [0.2, 0.25) is 0 Å². The summed E-state index contributed by atoms with van der Waals surface area (Å²) in [6.07, 6.45) is 1.75. The highest BCUT2D eigenvalue weighted by atomic mass is 16.3. The van der Waals surface area contributed by atoms with Crippen LogP contribution in [0, 0.1) is 0 Å². The molecular weight excluding hydrogens is 504 g/mol. The molecule has 5 aromatic carbocycles. The molecule has 0 saturated carbocycles. The molecule has 0 unspecified atom stereocenters. The number of fused-ring (bicyclic) bond motifs is 6. The van der Waals surface area contributed by atoms with Crippen LogP contribution >= 0.6 is 0 Å². The van der Waals surface area contributed by atoms with Crippen LogP contribution in [0.5, 0.6) is 0 Å². The third-order valence-corrected chi connectivity index (χ3v) is 7.91. The smallest absolute Gasteiger partial charge is 0.183 e. The molecule has 41 heavy (non-hydrogen) atoms. The van der Waals surface area contributed by atoms with E-state index >= 15 is 0 Å². The fraction of sp³-hybridized carbons (Fsp3) is 0. The lowest BCUT2D eigenvalue weighted by atomic mass is 9.99. The van der Waals surface area contributed by atoms with Gasteiger partial charge in [-0.1, -0.05) is 91.0 Å². The number of rotatable bonds is 3. The molecular formula is C36H20N4O. The number of benzene rings is 5. The van der Waals surface area contributed by atoms with Crippen molar-refractivity contribution in [1.29, 1.82) is 0 Å². The molecule has 5 heteroatoms. The maximum Gasteiger partial charge on any atom is 0.183 e. The van der Waals surface area contributed by atoms with Gasteiger partial charge in [-0.3, -0.25) is 4.98 Å². The Labute approximate surface area is 234 Å². The van der Waals surface area contributed by atoms with Crippen LogP contribution in [0.2, 0.25) is 0 Å². The Kier molecular flexibility index (Phi) is 4.55. The fourth-order valence-corrected chi connectivity index (χ4v) is 6.11. The Bertz CT molecular complexity index is 2320. The number of furan rings is 1. The van der Waals surface area contributed by atoms with E-state index < -0.39 is 0 Å². The Morgan fingerprint density at radius 2 is 1.17 bits per heavy atom. The van der Waals surface area contributed by atoms with Crippen LogP contribution in [-0.2, 0) is 0 Å². The quantitative estimate of drug-likeness (QED) is 0.231. The molecule has 9 rings (SSSR count). The second-order valence-electron chi connectivity index (χ2n) is 10.3. The third kappa shape index (κ3) is 3.29. The topological polar surface area (TPSA) is 64.7 Å². The zero-order valence-corrected chi connectivity index (χ0v) is 21.7. The van der Waals surface area contributed by atoms with Gasteiger partial charge >= 0.3 is 0 Å². The Hall–Kier alpha value is -5.68. The van der Waals surface area contributed by atoms with E-state index in [1.54, 1.807) is 6.20 Å². The van der Waals surface area contributed by atoms with Gasteiger partial charge in [0.25, 0.3) is 0 Å². The van der Waals surface area contributed by atoms with Crippen molar-refractivity contribution in [2.24, 2.45) is 0 Å². The molecule has 0 atom stereocenters. The highest BCUT2D eigenvalue weighted by molar-refractivity contribution is 6.16. The fourth-order valence-electron chi connectivity index (χ4n) is 6.11. The van der Waals surface area contributed by atoms with Gasteiger partial charge in [-0.05, 0) is 57.3 Å². The zero-order chi connectivity index (χ0) is 26.9. The van der Waals surface area contributed by atoms with E-state index in [0.717, 1.165) is 38.5 Å². The van der Waals surface area contributed by atoms with Gasteiger partial charge < -0.3 is 4.42 Å². The zero-order valence-electron chi connectivity index (χ0n) is 21.7. The van der Waals surface area contributed by atoms with Crippen LogP contribution in [0.3, 0.4) is 0 Å². The predicted molar refractivity (Wildman–Crippen MR) is 163 cm³/mol. The average molecular weight is 525 g/mol. The summed E-state index contributed by atoms with van der Waals surface area (Å²) in [5, 5.41) is 4.31. The first kappa shape index (κ1) is 22.2. The SMILES string of the molecule is c1ccc(-c2nc(-c3cc4c5c(cccc5c3)-c3ccccc3-4)nc(-c3nccc4oc5ccccc5c34)n2)cc1. The van der Waals surface area contributed by atoms with E-state index in [9.17, 15) is 0 Å². The van der Waals surface area contributed by atoms with Crippen molar-refractivity contribution in [1.82, 2.24) is 19.9 Å². The Morgan fingerprint density at radius 1 is 0.463 bits per heavy atom. The maximum atomic E-state index is 6.15. The molecule has 0 aliphatic heterocycles. The van der Waals surface area contributed by atoms with Crippen LogP contribution in [0.4, 0.5) is 0 Å². The van der Waals surface area contributed by atoms with Gasteiger partial charge in [0.05, 0.1) is 5.39 Å². The first-order chi connectivity index (χ1) is 20.3. The van der Waals surface area contributed by atoms with Crippen LogP contribution < -0.4 is 0 Å². The molecule has 0 fully saturated rings. The number of pyridine rings is 1. The Balaban J connectivity index is 1.33. The normalized spacial score (nSPS) is 11.9. The first-order valence-corrected chi connectivity index (χ1v) is 13.6. The molecule has 0 saturated heterocycles. The minimum absolute atomic E-state index is 0.511. The molecule has 0 bridgehead atoms. The molecule has 1 aliphatic rings. The van der Waals surface area contributed by atoms with Crippen molar-refractivity contribution in [3.05, 3.63) is 121 Å². The predicted octanol–water partition coefficient (Wildman–Crippen LogP) is 8.97. The van der Waals surface area contributed by atoms with E-state index in [-0.39, 0.29) is 0 Å². The van der Waals surface area contributed by atoms with Crippen LogP contribution in [0.15, 0.2) is 126 Å². The summed E-state index contributed by atoms with van der Waals surface area (Å²) < 4.78 is 6.15. The van der Waals surface area contributed by atoms with Gasteiger partial charge in [0, 0.05) is 22.7 Å². The van der Waals surface area contributed by atoms with Crippen molar-refractivity contribution in [3.63, 3.8) is 0 Å². The van der Waals surface area contributed by atoms with Crippen molar-refractivity contribution >= 4 is 32.7 Å². The molecule has 3 heterocycles. The number of hydrogen-bond acceptors (Lipinski definition) is 5. The van der Waals surface area contributed by atoms with E-state index in [2.05, 4.69) is 54.6 Å². The molecule has 0 radical (unpaired) electrons. The summed E-state index contributed by atoms with van der Waals surface area (Å²) in [5.74, 6) is 1.72. The van der Waals surface area contributed by atoms with Crippen LogP contribution in [-0.4, -0.2) is 19.9 Å². The second-order valence-corrected chi connectivity index (χ2v) is 10.3. The molecule has 190 valence electrons. The molecule has 8 aromatic rings. The summed E-state index contributed by atoms with van der Waals surface area (Å²) >= 11 is 0. The lowest BCUT2D eigenvalue weighted by Crippen LogP contribution is -2.01. The summed E-state index contributed by atoms with van der Waals surface area (Å²) in [7, 11) is 0. The average Bonchev–Trinajstić information content (AvgIpc) is 3.58. The lowest BCUT2D eigenvalue weighted by molar-refractivity contribution is 0.668. The third-order valence-electron chi connectivity index (χ3n) is 7.91. The van der Waals surface area contributed by atoms with E-state index in [1.165, 1.54) is 27.6 Å². The first-order valence-electron chi connectivity index (χ1n) is 13.6. The molecule has 5 nitrogen and oxygen atoms in total. The van der Waals surface area contributed by atoms with Crippen molar-refractivity contribution in [2.45, 2.75) is 0 Å². The van der Waals surface area contributed by atoms with Crippen molar-refractivity contribution in [2.75, 3.05) is 0 Å². The summed E-state index contributed by atoms with van der Waals surface area (Å²) in [6.45, 7) is 0. The van der Waals surface area contributed by atoms with Gasteiger partial charge in [-0.15, -0.1) is 0 Å². The van der Waals surface area contributed by atoms with E-state index in [0.29, 0.717) is 23.2 Å². The van der Waals surface area contributed by atoms with Crippen LogP contribution in [0.1, 0.15) is 0 Å². The van der Waals surface area contributed by atoms with Gasteiger partial charge in [0.1, 0.15) is 16.9 Å². The monoisotopic (exact) mass is 524 g/mol. The molecule has 0 N–H and O–H groups in total. The number of aromatic nitrogens is 4. The van der Waals surface area contributed by atoms with E-state index in [1.807, 2.05) is 60.7 Å². The summed E-state index contributed by atoms with van der Waals surface area (Å²) in [6, 6.07) is 39.4. The van der Waals surface area contributed by atoms with Gasteiger partial charge in [-0.25, -0.2) is 15.0 Å². The Morgan fingerprint density at radius 3 is 2.05 bits per heavy atom. The van der Waals surface area contributed by atoms with Crippen molar-refractivity contribution in [3.8, 4) is 56.5 Å². The minimum Gasteiger partial charge on any atom is -0.456 e. The van der Waals surface area contributed by atoms with E-state index in [4.69, 9.17) is 24.4 Å². The largest absolute Gasteiger partial charge is 0.456 e. The van der Waals surface area contributed by atoms with Crippen LogP contribution in [0.25, 0.3) is 89.3 Å². The molecule has 1 aliphatic carbocycles. The summed E-state index contributed by atoms with van der Waals surface area (Å²) in [4.78, 5) is 19.8. The minimum atomic E-state index is 0.511. The van der Waals surface area contributed by atoms with Crippen molar-refractivity contribution < 1.29 is 4.42 Å². The van der Waals surface area contributed by atoms with Gasteiger partial charge in [-0.2, -0.15) is 0 Å². The molecule has 0 amide bonds. The maximum absolute atomic E-state index is 6.15. The highest BCUT2D eigenvalue weighted by Crippen LogP contribution is 2.48. The standard InChI is InChI=1S/C36H20N4O/c1-2-9-21(10-3-1)34-38-35(23-19-22-11-8-15-26-24-12-4-5-13-25(24)28(20-23)31(22)26)40-36(39-34)33-32-27-14-6-7-16-29(27)41-30(32)17-18-37-33/h1-20H.